The van der Waals surface area contributed by atoms with Gasteiger partial charge >= 0.3 is 0 Å². The molecule has 0 unspecified atom stereocenters. The van der Waals surface area contributed by atoms with Crippen LogP contribution in [0.1, 0.15) is 18.4 Å². The van der Waals surface area contributed by atoms with Crippen LogP contribution in [0.3, 0.4) is 0 Å². The van der Waals surface area contributed by atoms with E-state index >= 15 is 0 Å². The summed E-state index contributed by atoms with van der Waals surface area (Å²) in [7, 11) is -3.24. The number of benzene rings is 1. The number of hydrogen-bond donors (Lipinski definition) is 1. The normalized spacial score (nSPS) is 17.1. The molecular weight excluding hydrogens is 286 g/mol. The summed E-state index contributed by atoms with van der Waals surface area (Å²) >= 11 is 6.07. The maximum absolute atomic E-state index is 11.9. The van der Waals surface area contributed by atoms with E-state index in [1.807, 2.05) is 0 Å². The van der Waals surface area contributed by atoms with Crippen molar-refractivity contribution in [1.82, 2.24) is 0 Å². The van der Waals surface area contributed by atoms with E-state index in [0.717, 1.165) is 0 Å². The molecule has 1 aliphatic rings. The van der Waals surface area contributed by atoms with E-state index in [1.165, 1.54) is 4.31 Å². The molecule has 19 heavy (non-hydrogen) atoms. The number of halogens is 1. The maximum Gasteiger partial charge on any atom is 0.235 e. The fourth-order valence-corrected chi connectivity index (χ4v) is 3.75. The summed E-state index contributed by atoms with van der Waals surface area (Å²) in [6, 6.07) is 5.06. The molecule has 1 fully saturated rings. The molecule has 1 aromatic carbocycles. The van der Waals surface area contributed by atoms with Crippen LogP contribution in [0.2, 0.25) is 5.02 Å². The molecule has 4 nitrogen and oxygen atoms in total. The molecule has 0 atom stereocenters. The molecule has 6 heteroatoms. The number of anilines is 1. The molecule has 1 N–H and O–H groups in total. The second-order valence-corrected chi connectivity index (χ2v) is 6.60. The van der Waals surface area contributed by atoms with Crippen LogP contribution in [0.5, 0.6) is 0 Å². The third-order valence-corrected chi connectivity index (χ3v) is 4.96. The molecule has 1 aliphatic heterocycles. The summed E-state index contributed by atoms with van der Waals surface area (Å²) in [4.78, 5) is 0. The fraction of sp³-hybridized carbons (Fsp3) is 0.385. The molecule has 1 heterocycles. The first-order valence-electron chi connectivity index (χ1n) is 5.94. The Morgan fingerprint density at radius 2 is 2.21 bits per heavy atom. The lowest BCUT2D eigenvalue weighted by atomic mass is 10.2. The number of aliphatic hydroxyl groups excluding tert-OH is 1. The predicted molar refractivity (Wildman–Crippen MR) is 75.8 cm³/mol. The van der Waals surface area contributed by atoms with E-state index in [0.29, 0.717) is 35.7 Å². The fourth-order valence-electron chi connectivity index (χ4n) is 1.91. The van der Waals surface area contributed by atoms with Gasteiger partial charge in [-0.3, -0.25) is 4.31 Å². The largest absolute Gasteiger partial charge is 0.395 e. The van der Waals surface area contributed by atoms with Gasteiger partial charge in [0.15, 0.2) is 0 Å². The molecule has 2 rings (SSSR count). The Morgan fingerprint density at radius 3 is 2.84 bits per heavy atom. The smallest absolute Gasteiger partial charge is 0.235 e. The van der Waals surface area contributed by atoms with Crippen molar-refractivity contribution in [3.63, 3.8) is 0 Å². The van der Waals surface area contributed by atoms with E-state index in [4.69, 9.17) is 16.7 Å². The highest BCUT2D eigenvalue weighted by molar-refractivity contribution is 7.93. The molecule has 0 radical (unpaired) electrons. The van der Waals surface area contributed by atoms with Crippen molar-refractivity contribution in [2.24, 2.45) is 0 Å². The van der Waals surface area contributed by atoms with Crippen molar-refractivity contribution in [3.05, 3.63) is 28.8 Å². The number of aliphatic hydroxyl groups is 1. The quantitative estimate of drug-likeness (QED) is 0.844. The Hall–Kier alpha value is -1.22. The van der Waals surface area contributed by atoms with Crippen LogP contribution < -0.4 is 4.31 Å². The maximum atomic E-state index is 11.9. The molecule has 1 saturated heterocycles. The third-order valence-electron chi connectivity index (χ3n) is 2.78. The van der Waals surface area contributed by atoms with Crippen molar-refractivity contribution in [2.45, 2.75) is 12.8 Å². The number of sulfonamides is 1. The molecular formula is C13H14ClNO3S. The monoisotopic (exact) mass is 299 g/mol. The van der Waals surface area contributed by atoms with Crippen molar-refractivity contribution in [1.29, 1.82) is 0 Å². The molecule has 0 spiro atoms. The Balaban J connectivity index is 2.36. The Labute approximate surface area is 118 Å². The Bertz CT molecular complexity index is 631. The first-order valence-corrected chi connectivity index (χ1v) is 7.93. The van der Waals surface area contributed by atoms with Gasteiger partial charge in [0.25, 0.3) is 0 Å². The molecule has 0 saturated carbocycles. The van der Waals surface area contributed by atoms with E-state index in [1.54, 1.807) is 18.2 Å². The van der Waals surface area contributed by atoms with Crippen molar-refractivity contribution in [3.8, 4) is 11.8 Å². The Morgan fingerprint density at radius 1 is 1.42 bits per heavy atom. The minimum absolute atomic E-state index is 0.00789. The third kappa shape index (κ3) is 3.21. The number of hydrogen-bond acceptors (Lipinski definition) is 3. The summed E-state index contributed by atoms with van der Waals surface area (Å²) in [5.74, 6) is 5.83. The highest BCUT2D eigenvalue weighted by atomic mass is 35.5. The molecule has 0 aromatic heterocycles. The summed E-state index contributed by atoms with van der Waals surface area (Å²) in [6.45, 7) is 0.462. The first-order chi connectivity index (χ1) is 9.04. The highest BCUT2D eigenvalue weighted by Gasteiger charge is 2.29. The second kappa shape index (κ2) is 5.83. The summed E-state index contributed by atoms with van der Waals surface area (Å²) in [6.07, 6.45) is 0.999. The van der Waals surface area contributed by atoms with Crippen molar-refractivity contribution >= 4 is 27.3 Å². The zero-order valence-electron chi connectivity index (χ0n) is 10.3. The van der Waals surface area contributed by atoms with Crippen molar-refractivity contribution in [2.75, 3.05) is 23.2 Å². The number of nitrogens with zero attached hydrogens (tertiary/aromatic N) is 1. The van der Waals surface area contributed by atoms with Crippen LogP contribution in [0.15, 0.2) is 18.2 Å². The zero-order valence-corrected chi connectivity index (χ0v) is 11.8. The predicted octanol–water partition coefficient (Wildman–Crippen LogP) is 1.61. The topological polar surface area (TPSA) is 57.6 Å². The van der Waals surface area contributed by atoms with E-state index < -0.39 is 10.0 Å². The van der Waals surface area contributed by atoms with Gasteiger partial charge in [0.2, 0.25) is 10.0 Å². The zero-order chi connectivity index (χ0) is 13.9. The van der Waals surface area contributed by atoms with Crippen LogP contribution >= 0.6 is 11.6 Å². The summed E-state index contributed by atoms with van der Waals surface area (Å²) in [5, 5.41) is 9.07. The lowest BCUT2D eigenvalue weighted by molar-refractivity contribution is 0.305. The second-order valence-electron chi connectivity index (χ2n) is 4.18. The summed E-state index contributed by atoms with van der Waals surface area (Å²) < 4.78 is 25.1. The Kier molecular flexibility index (Phi) is 4.35. The van der Waals surface area contributed by atoms with E-state index in [2.05, 4.69) is 11.8 Å². The lowest BCUT2D eigenvalue weighted by Gasteiger charge is -2.18. The van der Waals surface area contributed by atoms with Crippen molar-refractivity contribution < 1.29 is 13.5 Å². The van der Waals surface area contributed by atoms with Gasteiger partial charge in [-0.25, -0.2) is 8.42 Å². The van der Waals surface area contributed by atoms with Gasteiger partial charge < -0.3 is 5.11 Å². The van der Waals surface area contributed by atoms with E-state index in [9.17, 15) is 8.42 Å². The minimum atomic E-state index is -3.24. The van der Waals surface area contributed by atoms with Crippen LogP contribution in [0, 0.1) is 11.8 Å². The van der Waals surface area contributed by atoms with Crippen LogP contribution in [-0.4, -0.2) is 32.4 Å². The van der Waals surface area contributed by atoms with Gasteiger partial charge in [-0.05, 0) is 24.6 Å². The van der Waals surface area contributed by atoms with Gasteiger partial charge in [0.05, 0.1) is 23.1 Å². The summed E-state index contributed by atoms with van der Waals surface area (Å²) in [5.41, 5.74) is 1.17. The van der Waals surface area contributed by atoms with Gasteiger partial charge in [0, 0.05) is 18.5 Å². The average Bonchev–Trinajstić information content (AvgIpc) is 2.71. The van der Waals surface area contributed by atoms with Gasteiger partial charge in [-0.2, -0.15) is 0 Å². The standard InChI is InChI=1S/C13H14ClNO3S/c14-12-6-5-11(4-1-2-8-16)10-13(12)15-7-3-9-19(15,17)18/h5-6,10,16H,2-3,7-9H2. The molecule has 1 aromatic rings. The minimum Gasteiger partial charge on any atom is -0.395 e. The van der Waals surface area contributed by atoms with Crippen LogP contribution in [-0.2, 0) is 10.0 Å². The van der Waals surface area contributed by atoms with Crippen LogP contribution in [0.25, 0.3) is 0 Å². The van der Waals surface area contributed by atoms with Gasteiger partial charge in [0.1, 0.15) is 0 Å². The molecule has 102 valence electrons. The molecule has 0 aliphatic carbocycles. The first kappa shape index (κ1) is 14.2. The average molecular weight is 300 g/mol. The SMILES string of the molecule is O=S1(=O)CCCN1c1cc(C#CCCO)ccc1Cl. The number of rotatable bonds is 2. The van der Waals surface area contributed by atoms with Gasteiger partial charge in [-0.1, -0.05) is 23.4 Å². The van der Waals surface area contributed by atoms with Crippen LogP contribution in [0.4, 0.5) is 5.69 Å². The van der Waals surface area contributed by atoms with E-state index in [-0.39, 0.29) is 12.4 Å². The molecule has 0 amide bonds. The highest BCUT2D eigenvalue weighted by Crippen LogP contribution is 2.31. The lowest BCUT2D eigenvalue weighted by Crippen LogP contribution is -2.25. The molecule has 0 bridgehead atoms. The van der Waals surface area contributed by atoms with Gasteiger partial charge in [-0.15, -0.1) is 0 Å².